The maximum absolute atomic E-state index is 13.6. The highest BCUT2D eigenvalue weighted by molar-refractivity contribution is 7.91. The second-order valence-electron chi connectivity index (χ2n) is 6.55. The van der Waals surface area contributed by atoms with Gasteiger partial charge in [0, 0.05) is 24.1 Å². The highest BCUT2D eigenvalue weighted by Gasteiger charge is 2.21. The Morgan fingerprint density at radius 2 is 1.86 bits per heavy atom. The van der Waals surface area contributed by atoms with Crippen LogP contribution >= 0.6 is 0 Å². The van der Waals surface area contributed by atoms with Crippen LogP contribution in [0.5, 0.6) is 0 Å². The van der Waals surface area contributed by atoms with Gasteiger partial charge in [0.1, 0.15) is 11.6 Å². The maximum atomic E-state index is 13.6. The Hall–Kier alpha value is -3.07. The van der Waals surface area contributed by atoms with Crippen LogP contribution < -0.4 is 5.32 Å². The fourth-order valence-corrected chi connectivity index (χ4v) is 4.27. The van der Waals surface area contributed by atoms with Crippen molar-refractivity contribution < 1.29 is 26.5 Å². The molecular weight excluding hydrogens is 402 g/mol. The van der Waals surface area contributed by atoms with Crippen molar-refractivity contribution in [1.82, 2.24) is 5.16 Å². The van der Waals surface area contributed by atoms with E-state index >= 15 is 0 Å². The molecule has 1 N–H and O–H groups in total. The van der Waals surface area contributed by atoms with Gasteiger partial charge in [-0.2, -0.15) is 0 Å². The smallest absolute Gasteiger partial charge is 0.225 e. The predicted molar refractivity (Wildman–Crippen MR) is 103 cm³/mol. The first-order chi connectivity index (χ1) is 13.7. The number of nitrogens with one attached hydrogen (secondary N) is 1. The van der Waals surface area contributed by atoms with Crippen LogP contribution in [0.25, 0.3) is 11.3 Å². The summed E-state index contributed by atoms with van der Waals surface area (Å²) in [6, 6.07) is 9.23. The Morgan fingerprint density at radius 1 is 1.10 bits per heavy atom. The molecule has 0 radical (unpaired) electrons. The molecule has 1 amide bonds. The van der Waals surface area contributed by atoms with E-state index in [-0.39, 0.29) is 17.0 Å². The number of aromatic nitrogens is 1. The molecule has 152 valence electrons. The van der Waals surface area contributed by atoms with Crippen molar-refractivity contribution in [3.05, 3.63) is 65.4 Å². The Balaban J connectivity index is 1.74. The zero-order valence-electron chi connectivity index (χ0n) is 15.7. The number of aryl methyl sites for hydroxylation is 2. The third-order valence-corrected chi connectivity index (χ3v) is 6.09. The summed E-state index contributed by atoms with van der Waals surface area (Å²) in [5, 5.41) is 6.04. The third kappa shape index (κ3) is 4.86. The first-order valence-corrected chi connectivity index (χ1v) is 10.3. The van der Waals surface area contributed by atoms with Crippen LogP contribution in [-0.2, 0) is 14.6 Å². The number of anilines is 1. The molecule has 2 aromatic carbocycles. The zero-order chi connectivity index (χ0) is 21.2. The van der Waals surface area contributed by atoms with E-state index < -0.39 is 33.1 Å². The summed E-state index contributed by atoms with van der Waals surface area (Å²) < 4.78 is 57.2. The van der Waals surface area contributed by atoms with Gasteiger partial charge in [0.2, 0.25) is 5.91 Å². The number of hydrogen-bond donors (Lipinski definition) is 1. The molecule has 0 fully saturated rings. The molecule has 1 heterocycles. The monoisotopic (exact) mass is 420 g/mol. The van der Waals surface area contributed by atoms with E-state index in [2.05, 4.69) is 10.5 Å². The number of halogens is 2. The van der Waals surface area contributed by atoms with Crippen molar-refractivity contribution in [2.75, 3.05) is 11.1 Å². The van der Waals surface area contributed by atoms with Crippen LogP contribution in [0.1, 0.15) is 17.7 Å². The molecule has 1 aromatic heterocycles. The van der Waals surface area contributed by atoms with Gasteiger partial charge in [0.15, 0.2) is 15.6 Å². The van der Waals surface area contributed by atoms with Gasteiger partial charge in [-0.1, -0.05) is 17.3 Å². The van der Waals surface area contributed by atoms with Gasteiger partial charge in [-0.05, 0) is 37.6 Å². The summed E-state index contributed by atoms with van der Waals surface area (Å²) in [6.07, 6.45) is -0.385. The predicted octanol–water partition coefficient (Wildman–Crippen LogP) is 4.04. The number of carbonyl (C=O) groups is 1. The first-order valence-electron chi connectivity index (χ1n) is 8.68. The molecule has 0 spiro atoms. The SMILES string of the molecule is Cc1cc(-c2ccc(C)c(S(=O)(=O)CCC(=O)Nc3ccc(F)cc3F)c2)on1. The van der Waals surface area contributed by atoms with E-state index in [1.807, 2.05) is 0 Å². The molecule has 6 nitrogen and oxygen atoms in total. The first kappa shape index (κ1) is 20.7. The molecule has 9 heteroatoms. The van der Waals surface area contributed by atoms with Crippen LogP contribution in [0.3, 0.4) is 0 Å². The maximum Gasteiger partial charge on any atom is 0.225 e. The van der Waals surface area contributed by atoms with Crippen molar-refractivity contribution in [1.29, 1.82) is 0 Å². The number of carbonyl (C=O) groups excluding carboxylic acids is 1. The molecule has 3 aromatic rings. The Bertz CT molecular complexity index is 1170. The van der Waals surface area contributed by atoms with E-state index in [9.17, 15) is 22.0 Å². The van der Waals surface area contributed by atoms with Crippen molar-refractivity contribution >= 4 is 21.4 Å². The van der Waals surface area contributed by atoms with Crippen molar-refractivity contribution in [2.24, 2.45) is 0 Å². The fourth-order valence-electron chi connectivity index (χ4n) is 2.73. The molecule has 0 unspecified atom stereocenters. The van der Waals surface area contributed by atoms with Crippen molar-refractivity contribution in [2.45, 2.75) is 25.2 Å². The molecule has 0 saturated heterocycles. The molecule has 0 aliphatic rings. The highest BCUT2D eigenvalue weighted by Crippen LogP contribution is 2.26. The molecule has 3 rings (SSSR count). The summed E-state index contributed by atoms with van der Waals surface area (Å²) in [7, 11) is -3.80. The summed E-state index contributed by atoms with van der Waals surface area (Å²) in [6.45, 7) is 3.40. The average Bonchev–Trinajstić information content (AvgIpc) is 3.09. The van der Waals surface area contributed by atoms with E-state index in [1.54, 1.807) is 32.0 Å². The number of amides is 1. The average molecular weight is 420 g/mol. The van der Waals surface area contributed by atoms with E-state index in [0.717, 1.165) is 12.1 Å². The lowest BCUT2D eigenvalue weighted by molar-refractivity contribution is -0.115. The molecule has 0 atom stereocenters. The van der Waals surface area contributed by atoms with Crippen LogP contribution in [0.2, 0.25) is 0 Å². The standard InChI is InChI=1S/C20H18F2N2O4S/c1-12-3-4-14(18-9-13(2)24-28-18)10-19(12)29(26,27)8-7-20(25)23-17-6-5-15(21)11-16(17)22/h3-6,9-11H,7-8H2,1-2H3,(H,23,25). The third-order valence-electron chi connectivity index (χ3n) is 4.24. The summed E-state index contributed by atoms with van der Waals surface area (Å²) >= 11 is 0. The van der Waals surface area contributed by atoms with E-state index in [4.69, 9.17) is 4.52 Å². The van der Waals surface area contributed by atoms with Gasteiger partial charge in [-0.3, -0.25) is 4.79 Å². The summed E-state index contributed by atoms with van der Waals surface area (Å²) in [5.41, 5.74) is 1.52. The van der Waals surface area contributed by atoms with Crippen LogP contribution in [0, 0.1) is 25.5 Å². The Labute approximate surface area is 166 Å². The van der Waals surface area contributed by atoms with Crippen molar-refractivity contribution in [3.8, 4) is 11.3 Å². The Kier molecular flexibility index (Phi) is 5.78. The molecule has 29 heavy (non-hydrogen) atoms. The summed E-state index contributed by atoms with van der Waals surface area (Å²) in [4.78, 5) is 12.1. The van der Waals surface area contributed by atoms with Crippen LogP contribution in [0.4, 0.5) is 14.5 Å². The number of hydrogen-bond acceptors (Lipinski definition) is 5. The van der Waals surface area contributed by atoms with E-state index in [1.165, 1.54) is 6.07 Å². The van der Waals surface area contributed by atoms with Crippen LogP contribution in [-0.4, -0.2) is 25.2 Å². The molecule has 0 aliphatic carbocycles. The molecule has 0 saturated carbocycles. The largest absolute Gasteiger partial charge is 0.356 e. The van der Waals surface area contributed by atoms with Crippen LogP contribution in [0.15, 0.2) is 51.9 Å². The second kappa shape index (κ2) is 8.12. The van der Waals surface area contributed by atoms with Gasteiger partial charge in [-0.15, -0.1) is 0 Å². The summed E-state index contributed by atoms with van der Waals surface area (Å²) in [5.74, 6) is -2.45. The minimum Gasteiger partial charge on any atom is -0.356 e. The molecule has 0 aliphatic heterocycles. The minimum atomic E-state index is -3.80. The lowest BCUT2D eigenvalue weighted by atomic mass is 10.1. The normalized spacial score (nSPS) is 11.4. The van der Waals surface area contributed by atoms with Gasteiger partial charge in [0.05, 0.1) is 22.0 Å². The van der Waals surface area contributed by atoms with Gasteiger partial charge >= 0.3 is 0 Å². The zero-order valence-corrected chi connectivity index (χ0v) is 16.5. The van der Waals surface area contributed by atoms with Gasteiger partial charge in [-0.25, -0.2) is 17.2 Å². The quantitative estimate of drug-likeness (QED) is 0.650. The highest BCUT2D eigenvalue weighted by atomic mass is 32.2. The number of benzene rings is 2. The fraction of sp³-hybridized carbons (Fsp3) is 0.200. The van der Waals surface area contributed by atoms with Gasteiger partial charge in [0.25, 0.3) is 0 Å². The molecule has 0 bridgehead atoms. The number of nitrogens with zero attached hydrogens (tertiary/aromatic N) is 1. The van der Waals surface area contributed by atoms with E-state index in [0.29, 0.717) is 28.6 Å². The second-order valence-corrected chi connectivity index (χ2v) is 8.63. The lowest BCUT2D eigenvalue weighted by Gasteiger charge is -2.10. The minimum absolute atomic E-state index is 0.0739. The van der Waals surface area contributed by atoms with Gasteiger partial charge < -0.3 is 9.84 Å². The number of sulfone groups is 1. The topological polar surface area (TPSA) is 89.3 Å². The lowest BCUT2D eigenvalue weighted by Crippen LogP contribution is -2.18. The number of rotatable bonds is 6. The van der Waals surface area contributed by atoms with Crippen molar-refractivity contribution in [3.63, 3.8) is 0 Å². The molecular formula is C20H18F2N2O4S. The Morgan fingerprint density at radius 3 is 2.52 bits per heavy atom.